The summed E-state index contributed by atoms with van der Waals surface area (Å²) in [5.74, 6) is -1.32. The minimum atomic E-state index is -1.90. The van der Waals surface area contributed by atoms with Crippen molar-refractivity contribution in [2.75, 3.05) is 13.2 Å². The lowest BCUT2D eigenvalue weighted by atomic mass is 9.29. The van der Waals surface area contributed by atoms with Gasteiger partial charge in [-0.2, -0.15) is 0 Å². The molecule has 5 aliphatic carbocycles. The number of hydrogen-bond acceptors (Lipinski definition) is 19. The molecule has 0 spiro atoms. The maximum Gasteiger partial charge on any atom is 0.315 e. The third-order valence-electron chi connectivity index (χ3n) is 20.4. The van der Waals surface area contributed by atoms with Crippen LogP contribution in [0, 0.1) is 56.2 Å². The molecule has 388 valence electrons. The fourth-order valence-corrected chi connectivity index (χ4v) is 16.4. The highest BCUT2D eigenvalue weighted by atomic mass is 16.8. The van der Waals surface area contributed by atoms with Gasteiger partial charge in [0.2, 0.25) is 6.29 Å². The minimum Gasteiger partial charge on any atom is -0.432 e. The second-order valence-electron chi connectivity index (χ2n) is 23.3. The summed E-state index contributed by atoms with van der Waals surface area (Å²) in [4.78, 5) is 27.9. The fourth-order valence-electron chi connectivity index (χ4n) is 16.4. The Balaban J connectivity index is 0.997. The number of hydrogen-bond donors (Lipinski definition) is 11. The molecular weight excluding hydrogens is 893 g/mol. The Bertz CT molecular complexity index is 1890. The van der Waals surface area contributed by atoms with Crippen LogP contribution in [0.25, 0.3) is 0 Å². The number of aliphatic hydroxyl groups is 11. The maximum absolute atomic E-state index is 15.2. The average molecular weight is 971 g/mol. The smallest absolute Gasteiger partial charge is 0.315 e. The summed E-state index contributed by atoms with van der Waals surface area (Å²) in [6.45, 7) is 17.1. The highest BCUT2D eigenvalue weighted by Gasteiger charge is 2.78. The van der Waals surface area contributed by atoms with Crippen molar-refractivity contribution < 1.29 is 94.2 Å². The Labute approximate surface area is 397 Å². The highest BCUT2D eigenvalue weighted by Crippen LogP contribution is 2.80. The molecule has 3 heterocycles. The predicted molar refractivity (Wildman–Crippen MR) is 235 cm³/mol. The van der Waals surface area contributed by atoms with Crippen LogP contribution >= 0.6 is 0 Å². The molecule has 0 unspecified atom stereocenters. The van der Waals surface area contributed by atoms with Crippen molar-refractivity contribution in [2.24, 2.45) is 56.2 Å². The summed E-state index contributed by atoms with van der Waals surface area (Å²) in [5, 5.41) is 120. The summed E-state index contributed by atoms with van der Waals surface area (Å²) in [5.41, 5.74) is -3.25. The van der Waals surface area contributed by atoms with E-state index in [0.29, 0.717) is 51.4 Å². The van der Waals surface area contributed by atoms with Crippen molar-refractivity contribution in [1.29, 1.82) is 0 Å². The molecule has 0 aromatic heterocycles. The second kappa shape index (κ2) is 18.3. The van der Waals surface area contributed by atoms with E-state index < -0.39 is 156 Å². The summed E-state index contributed by atoms with van der Waals surface area (Å²) < 4.78 is 34.7. The SMILES string of the molecule is C=C(C)[C@@H]1CC[C@]2(C(=O)O[C@@H]3O[C@H](CO[C@@H]4O[C@H](CO)[C@@H](O[C@@H]5O[C@@H](C)[C@H](O)[C@@H](O)[C@H]5O)[C@H](O)[C@H]4O)[C@@H](O)[C@H](O)[C@H]3O)CC[C@]3(C)[C@H](C[C@@H](O)[C@@H]4[C@@]5(C)CC[C@@H](O)[C@@](C)(C=O)[C@@H]5CC[C@]43C)[C@@]12C. The number of aldehydes is 1. The molecule has 8 rings (SSSR count). The summed E-state index contributed by atoms with van der Waals surface area (Å²) in [7, 11) is 0. The molecule has 0 aromatic rings. The topological polar surface area (TPSA) is 312 Å². The quantitative estimate of drug-likeness (QED) is 0.0752. The normalized spacial score (nSPS) is 56.9. The van der Waals surface area contributed by atoms with Crippen molar-refractivity contribution >= 4 is 12.3 Å². The number of aliphatic hydroxyl groups excluding tert-OH is 11. The van der Waals surface area contributed by atoms with Gasteiger partial charge < -0.3 is 89.4 Å². The third kappa shape index (κ3) is 7.49. The van der Waals surface area contributed by atoms with Crippen LogP contribution in [0.5, 0.6) is 0 Å². The molecule has 0 radical (unpaired) electrons. The van der Waals surface area contributed by atoms with Gasteiger partial charge in [-0.05, 0) is 117 Å². The van der Waals surface area contributed by atoms with E-state index in [1.165, 1.54) is 6.92 Å². The van der Waals surface area contributed by atoms with Crippen LogP contribution in [0.4, 0.5) is 0 Å². The zero-order valence-electron chi connectivity index (χ0n) is 40.4. The van der Waals surface area contributed by atoms with Crippen molar-refractivity contribution in [1.82, 2.24) is 0 Å². The molecule has 0 aromatic carbocycles. The molecule has 0 bridgehead atoms. The summed E-state index contributed by atoms with van der Waals surface area (Å²) >= 11 is 0. The first-order chi connectivity index (χ1) is 31.7. The first kappa shape index (κ1) is 52.6. The first-order valence-electron chi connectivity index (χ1n) is 24.7. The lowest BCUT2D eigenvalue weighted by Crippen LogP contribution is -2.72. The van der Waals surface area contributed by atoms with Crippen molar-refractivity contribution in [3.05, 3.63) is 12.2 Å². The van der Waals surface area contributed by atoms with Crippen LogP contribution in [0.1, 0.15) is 106 Å². The largest absolute Gasteiger partial charge is 0.432 e. The maximum atomic E-state index is 15.2. The zero-order valence-corrected chi connectivity index (χ0v) is 40.4. The van der Waals surface area contributed by atoms with Gasteiger partial charge in [-0.3, -0.25) is 4.79 Å². The molecule has 11 N–H and O–H groups in total. The van der Waals surface area contributed by atoms with Gasteiger partial charge in [-0.15, -0.1) is 0 Å². The second-order valence-corrected chi connectivity index (χ2v) is 23.3. The number of rotatable bonds is 10. The number of fused-ring (bicyclic) bond motifs is 7. The molecule has 3 aliphatic heterocycles. The van der Waals surface area contributed by atoms with E-state index in [1.54, 1.807) is 0 Å². The van der Waals surface area contributed by atoms with Gasteiger partial charge in [0.05, 0.1) is 42.4 Å². The summed E-state index contributed by atoms with van der Waals surface area (Å²) in [6.07, 6.45) is -20.3. The molecule has 68 heavy (non-hydrogen) atoms. The highest BCUT2D eigenvalue weighted by molar-refractivity contribution is 5.79. The van der Waals surface area contributed by atoms with Crippen LogP contribution in [-0.4, -0.2) is 186 Å². The Morgan fingerprint density at radius 2 is 1.32 bits per heavy atom. The minimum absolute atomic E-state index is 0.122. The van der Waals surface area contributed by atoms with Crippen molar-refractivity contribution in [3.63, 3.8) is 0 Å². The van der Waals surface area contributed by atoms with E-state index in [9.17, 15) is 61.0 Å². The Hall–Kier alpha value is -1.76. The molecule has 19 nitrogen and oxygen atoms in total. The van der Waals surface area contributed by atoms with E-state index in [4.69, 9.17) is 28.4 Å². The van der Waals surface area contributed by atoms with Crippen LogP contribution in [0.15, 0.2) is 12.2 Å². The molecule has 8 aliphatic rings. The first-order valence-corrected chi connectivity index (χ1v) is 24.7. The monoisotopic (exact) mass is 971 g/mol. The van der Waals surface area contributed by atoms with E-state index in [1.807, 2.05) is 13.8 Å². The lowest BCUT2D eigenvalue weighted by molar-refractivity contribution is -0.362. The number of carbonyl (C=O) groups is 2. The zero-order chi connectivity index (χ0) is 50.0. The van der Waals surface area contributed by atoms with Crippen LogP contribution < -0.4 is 0 Å². The molecule has 0 amide bonds. The molecule has 19 heteroatoms. The van der Waals surface area contributed by atoms with Crippen LogP contribution in [0.3, 0.4) is 0 Å². The molecule has 5 saturated carbocycles. The van der Waals surface area contributed by atoms with Gasteiger partial charge in [0.25, 0.3) is 0 Å². The van der Waals surface area contributed by atoms with Crippen LogP contribution in [-0.2, 0) is 38.0 Å². The molecular formula is C49H78O19. The number of ether oxygens (including phenoxy) is 6. The van der Waals surface area contributed by atoms with Gasteiger partial charge in [0, 0.05) is 0 Å². The fraction of sp³-hybridized carbons (Fsp3) is 0.918. The standard InChI is InChI=1S/C49H78O19/c1-21(2)23-9-14-49(16-15-46(6)28(48(23,49)8)17-24(52)39-44(4)12-11-29(53)45(5,20-51)27(44)10-13-47(39,46)7)43(62)68-42-36(60)33(57)31(55)26(66-42)19-63-40-37(61)34(58)38(25(18-50)65-40)67-41-35(59)32(56)30(54)22(3)64-41/h20,22-42,50,52-61H,1,9-19H2,2-8H3/t22-,23-,24+,25+,26+,27+,28-,29+,30-,31+,32+,33-,34+,35+,36+,37+,38+,39+,40+,41-,42-,44-,45-,46+,47+,48+,49+/m0/s1. The molecule has 8 fully saturated rings. The Morgan fingerprint density at radius 3 is 1.97 bits per heavy atom. The van der Waals surface area contributed by atoms with E-state index >= 15 is 4.79 Å². The van der Waals surface area contributed by atoms with Gasteiger partial charge in [-0.1, -0.05) is 46.8 Å². The molecule has 27 atom stereocenters. The van der Waals surface area contributed by atoms with E-state index in [0.717, 1.165) is 18.3 Å². The number of esters is 1. The van der Waals surface area contributed by atoms with Crippen LogP contribution in [0.2, 0.25) is 0 Å². The van der Waals surface area contributed by atoms with Gasteiger partial charge in [-0.25, -0.2) is 0 Å². The van der Waals surface area contributed by atoms with Gasteiger partial charge in [0.1, 0.15) is 73.4 Å². The predicted octanol–water partition coefficient (Wildman–Crippen LogP) is -0.436. The third-order valence-corrected chi connectivity index (χ3v) is 20.4. The lowest BCUT2D eigenvalue weighted by Gasteiger charge is -2.75. The Kier molecular flexibility index (Phi) is 14.2. The van der Waals surface area contributed by atoms with Crippen molar-refractivity contribution in [3.8, 4) is 0 Å². The number of carbonyl (C=O) groups excluding carboxylic acids is 2. The van der Waals surface area contributed by atoms with E-state index in [-0.39, 0.29) is 23.7 Å². The number of allylic oxidation sites excluding steroid dienone is 1. The van der Waals surface area contributed by atoms with Gasteiger partial charge in [0.15, 0.2) is 12.6 Å². The molecule has 3 saturated heterocycles. The van der Waals surface area contributed by atoms with Crippen molar-refractivity contribution in [2.45, 2.75) is 211 Å². The van der Waals surface area contributed by atoms with Gasteiger partial charge >= 0.3 is 5.97 Å². The van der Waals surface area contributed by atoms with E-state index in [2.05, 4.69) is 34.3 Å². The Morgan fingerprint density at radius 1 is 0.691 bits per heavy atom. The summed E-state index contributed by atoms with van der Waals surface area (Å²) in [6, 6.07) is 0. The average Bonchev–Trinajstić information content (AvgIpc) is 3.62.